The van der Waals surface area contributed by atoms with E-state index in [0.717, 1.165) is 0 Å². The second kappa shape index (κ2) is 7.48. The Morgan fingerprint density at radius 2 is 2.05 bits per heavy atom. The minimum atomic E-state index is -4.09. The van der Waals surface area contributed by atoms with E-state index in [0.29, 0.717) is 5.56 Å². The van der Waals surface area contributed by atoms with Crippen molar-refractivity contribution in [3.63, 3.8) is 0 Å². The summed E-state index contributed by atoms with van der Waals surface area (Å²) in [6.07, 6.45) is -0.861. The number of nitrogens with one attached hydrogen (secondary N) is 2. The quantitative estimate of drug-likeness (QED) is 0.692. The van der Waals surface area contributed by atoms with Crippen molar-refractivity contribution in [3.8, 4) is 0 Å². The first-order valence-corrected chi connectivity index (χ1v) is 7.58. The van der Waals surface area contributed by atoms with Gasteiger partial charge < -0.3 is 9.84 Å². The maximum absolute atomic E-state index is 11.6. The normalized spacial score (nSPS) is 10.7. The van der Waals surface area contributed by atoms with Gasteiger partial charge in [0.25, 0.3) is 0 Å². The van der Waals surface area contributed by atoms with Crippen molar-refractivity contribution in [2.24, 2.45) is 0 Å². The molecular formula is C12H16N2O6S. The minimum absolute atomic E-state index is 0.0476. The number of anilines is 1. The first-order valence-electron chi connectivity index (χ1n) is 6.10. The fourth-order valence-corrected chi connectivity index (χ4v) is 2.26. The molecule has 116 valence electrons. The number of carboxylic acid groups (broad SMARTS) is 1. The summed E-state index contributed by atoms with van der Waals surface area (Å²) in [5.41, 5.74) is 0.878. The molecule has 0 aliphatic heterocycles. The summed E-state index contributed by atoms with van der Waals surface area (Å²) in [6, 6.07) is 6.24. The van der Waals surface area contributed by atoms with E-state index in [4.69, 9.17) is 5.11 Å². The molecule has 8 nitrogen and oxygen atoms in total. The second-order valence-corrected chi connectivity index (χ2v) is 5.44. The Morgan fingerprint density at radius 3 is 2.67 bits per heavy atom. The van der Waals surface area contributed by atoms with Crippen LogP contribution in [0.15, 0.2) is 24.3 Å². The SMILES string of the molecule is CCOC(=O)NS(=O)(=O)Nc1cccc(CCC(=O)O)c1. The van der Waals surface area contributed by atoms with Crippen LogP contribution in [0.3, 0.4) is 0 Å². The third kappa shape index (κ3) is 6.61. The zero-order valence-electron chi connectivity index (χ0n) is 11.3. The molecular weight excluding hydrogens is 300 g/mol. The molecule has 1 aromatic rings. The van der Waals surface area contributed by atoms with E-state index < -0.39 is 22.3 Å². The van der Waals surface area contributed by atoms with Crippen LogP contribution in [0.5, 0.6) is 0 Å². The van der Waals surface area contributed by atoms with Crippen molar-refractivity contribution < 1.29 is 27.9 Å². The molecule has 0 aromatic heterocycles. The van der Waals surface area contributed by atoms with E-state index in [2.05, 4.69) is 9.46 Å². The summed E-state index contributed by atoms with van der Waals surface area (Å²) in [6.45, 7) is 1.59. The molecule has 21 heavy (non-hydrogen) atoms. The van der Waals surface area contributed by atoms with Crippen molar-refractivity contribution >= 4 is 28.0 Å². The van der Waals surface area contributed by atoms with Gasteiger partial charge in [0, 0.05) is 6.42 Å². The molecule has 1 aromatic carbocycles. The second-order valence-electron chi connectivity index (χ2n) is 4.02. The fourth-order valence-electron chi connectivity index (χ4n) is 1.49. The molecule has 0 aliphatic rings. The van der Waals surface area contributed by atoms with Gasteiger partial charge in [-0.25, -0.2) is 9.52 Å². The molecule has 0 saturated carbocycles. The molecule has 0 unspecified atom stereocenters. The van der Waals surface area contributed by atoms with Gasteiger partial charge in [-0.2, -0.15) is 8.42 Å². The Balaban J connectivity index is 2.71. The highest BCUT2D eigenvalue weighted by Gasteiger charge is 2.15. The predicted octanol–water partition coefficient (Wildman–Crippen LogP) is 1.11. The topological polar surface area (TPSA) is 122 Å². The Bertz CT molecular complexity index is 614. The van der Waals surface area contributed by atoms with Crippen LogP contribution in [0.2, 0.25) is 0 Å². The Hall–Kier alpha value is -2.29. The van der Waals surface area contributed by atoms with Gasteiger partial charge in [0.05, 0.1) is 12.3 Å². The summed E-state index contributed by atoms with van der Waals surface area (Å²) in [5.74, 6) is -0.940. The van der Waals surface area contributed by atoms with Crippen LogP contribution in [0.1, 0.15) is 18.9 Å². The minimum Gasteiger partial charge on any atom is -0.481 e. The van der Waals surface area contributed by atoms with Gasteiger partial charge in [0.15, 0.2) is 0 Å². The van der Waals surface area contributed by atoms with Crippen molar-refractivity contribution in [2.75, 3.05) is 11.3 Å². The Kier molecular flexibility index (Phi) is 5.97. The molecule has 0 radical (unpaired) electrons. The summed E-state index contributed by atoms with van der Waals surface area (Å²) >= 11 is 0. The summed E-state index contributed by atoms with van der Waals surface area (Å²) in [5, 5.41) is 8.61. The lowest BCUT2D eigenvalue weighted by Gasteiger charge is -2.10. The largest absolute Gasteiger partial charge is 0.481 e. The van der Waals surface area contributed by atoms with Crippen molar-refractivity contribution in [2.45, 2.75) is 19.8 Å². The number of hydrogen-bond donors (Lipinski definition) is 3. The van der Waals surface area contributed by atoms with Gasteiger partial charge in [-0.1, -0.05) is 12.1 Å². The third-order valence-corrected chi connectivity index (χ3v) is 3.24. The zero-order valence-corrected chi connectivity index (χ0v) is 12.1. The zero-order chi connectivity index (χ0) is 15.9. The van der Waals surface area contributed by atoms with Gasteiger partial charge in [0.2, 0.25) is 0 Å². The van der Waals surface area contributed by atoms with Gasteiger partial charge in [-0.05, 0) is 31.0 Å². The number of hydrogen-bond acceptors (Lipinski definition) is 5. The number of aliphatic carboxylic acids is 1. The van der Waals surface area contributed by atoms with E-state index in [9.17, 15) is 18.0 Å². The number of benzene rings is 1. The average molecular weight is 316 g/mol. The molecule has 0 spiro atoms. The molecule has 9 heteroatoms. The highest BCUT2D eigenvalue weighted by Crippen LogP contribution is 2.13. The molecule has 0 fully saturated rings. The number of aryl methyl sites for hydroxylation is 1. The molecule has 1 rings (SSSR count). The third-order valence-electron chi connectivity index (χ3n) is 2.30. The van der Waals surface area contributed by atoms with Gasteiger partial charge >= 0.3 is 22.3 Å². The van der Waals surface area contributed by atoms with Crippen LogP contribution < -0.4 is 9.44 Å². The molecule has 1 amide bonds. The molecule has 0 aliphatic carbocycles. The summed E-state index contributed by atoms with van der Waals surface area (Å²) in [4.78, 5) is 21.6. The number of ether oxygens (including phenoxy) is 1. The van der Waals surface area contributed by atoms with Crippen molar-refractivity contribution in [1.29, 1.82) is 0 Å². The number of carboxylic acids is 1. The Morgan fingerprint density at radius 1 is 1.33 bits per heavy atom. The standard InChI is InChI=1S/C12H16N2O6S/c1-2-20-12(17)14-21(18,19)13-10-5-3-4-9(8-10)6-7-11(15)16/h3-5,8,13H,2,6-7H2,1H3,(H,14,17)(H,15,16). The van der Waals surface area contributed by atoms with Gasteiger partial charge in [0.1, 0.15) is 0 Å². The van der Waals surface area contributed by atoms with Crippen LogP contribution in [-0.2, 0) is 26.2 Å². The van der Waals surface area contributed by atoms with Crippen LogP contribution in [-0.4, -0.2) is 32.2 Å². The first kappa shape index (κ1) is 16.8. The smallest absolute Gasteiger partial charge is 0.422 e. The van der Waals surface area contributed by atoms with Crippen LogP contribution in [0, 0.1) is 0 Å². The lowest BCUT2D eigenvalue weighted by atomic mass is 10.1. The van der Waals surface area contributed by atoms with E-state index in [1.165, 1.54) is 12.1 Å². The highest BCUT2D eigenvalue weighted by molar-refractivity contribution is 7.91. The van der Waals surface area contributed by atoms with Crippen molar-refractivity contribution in [3.05, 3.63) is 29.8 Å². The van der Waals surface area contributed by atoms with Gasteiger partial charge in [-0.3, -0.25) is 9.52 Å². The van der Waals surface area contributed by atoms with E-state index in [-0.39, 0.29) is 25.1 Å². The van der Waals surface area contributed by atoms with E-state index >= 15 is 0 Å². The molecule has 0 atom stereocenters. The maximum Gasteiger partial charge on any atom is 0.422 e. The number of amides is 1. The number of rotatable bonds is 7. The first-order chi connectivity index (χ1) is 9.82. The average Bonchev–Trinajstić information content (AvgIpc) is 2.35. The molecule has 0 saturated heterocycles. The lowest BCUT2D eigenvalue weighted by molar-refractivity contribution is -0.136. The monoisotopic (exact) mass is 316 g/mol. The molecule has 3 N–H and O–H groups in total. The molecule has 0 heterocycles. The summed E-state index contributed by atoms with van der Waals surface area (Å²) < 4.78 is 31.6. The van der Waals surface area contributed by atoms with Crippen LogP contribution in [0.25, 0.3) is 0 Å². The fraction of sp³-hybridized carbons (Fsp3) is 0.333. The lowest BCUT2D eigenvalue weighted by Crippen LogP contribution is -2.35. The van der Waals surface area contributed by atoms with Crippen LogP contribution >= 0.6 is 0 Å². The maximum atomic E-state index is 11.6. The number of carbonyl (C=O) groups excluding carboxylic acids is 1. The highest BCUT2D eigenvalue weighted by atomic mass is 32.2. The predicted molar refractivity (Wildman–Crippen MR) is 75.1 cm³/mol. The van der Waals surface area contributed by atoms with Crippen molar-refractivity contribution in [1.82, 2.24) is 4.72 Å². The summed E-state index contributed by atoms with van der Waals surface area (Å²) in [7, 11) is -4.09. The van der Waals surface area contributed by atoms with Gasteiger partial charge in [-0.15, -0.1) is 0 Å². The Labute approximate surface area is 122 Å². The molecule has 0 bridgehead atoms. The number of carbonyl (C=O) groups is 2. The van der Waals surface area contributed by atoms with E-state index in [1.54, 1.807) is 23.8 Å². The van der Waals surface area contributed by atoms with E-state index in [1.807, 2.05) is 0 Å². The van der Waals surface area contributed by atoms with Crippen LogP contribution in [0.4, 0.5) is 10.5 Å².